The van der Waals surface area contributed by atoms with Crippen LogP contribution in [0, 0.1) is 13.8 Å². The molecule has 3 aromatic carbocycles. The highest BCUT2D eigenvalue weighted by Gasteiger charge is 2.10. The predicted octanol–water partition coefficient (Wildman–Crippen LogP) is 6.54. The van der Waals surface area contributed by atoms with Gasteiger partial charge in [0.05, 0.1) is 0 Å². The van der Waals surface area contributed by atoms with Crippen molar-refractivity contribution < 1.29 is 0 Å². The van der Waals surface area contributed by atoms with Crippen LogP contribution in [0.2, 0.25) is 0 Å². The Bertz CT molecular complexity index is 759. The van der Waals surface area contributed by atoms with Crippen molar-refractivity contribution >= 4 is 36.6 Å². The van der Waals surface area contributed by atoms with Crippen LogP contribution in [0.4, 0.5) is 0 Å². The van der Waals surface area contributed by atoms with Crippen molar-refractivity contribution in [2.75, 3.05) is 0 Å². The first-order valence-electron chi connectivity index (χ1n) is 7.11. The van der Waals surface area contributed by atoms with Crippen molar-refractivity contribution in [1.29, 1.82) is 0 Å². The highest BCUT2D eigenvalue weighted by atomic mass is 127. The Labute approximate surface area is 155 Å². The summed E-state index contributed by atoms with van der Waals surface area (Å²) in [4.78, 5) is 1.01. The van der Waals surface area contributed by atoms with E-state index in [9.17, 15) is 0 Å². The topological polar surface area (TPSA) is 0 Å². The molecule has 0 spiro atoms. The fourth-order valence-corrected chi connectivity index (χ4v) is 2.87. The maximum Gasteiger partial charge on any atom is 0.0125 e. The van der Waals surface area contributed by atoms with Gasteiger partial charge < -0.3 is 0 Å². The van der Waals surface area contributed by atoms with Crippen molar-refractivity contribution in [3.63, 3.8) is 0 Å². The van der Waals surface area contributed by atoms with Crippen LogP contribution >= 0.6 is 36.6 Å². The Balaban J connectivity index is 0.00000176. The average Bonchev–Trinajstić information content (AvgIpc) is 2.49. The molecule has 0 saturated heterocycles. The molecule has 0 aliphatic rings. The Morgan fingerprint density at radius 1 is 0.636 bits per heavy atom. The molecule has 0 radical (unpaired) electrons. The Morgan fingerprint density at radius 2 is 1.14 bits per heavy atom. The molecule has 0 fully saturated rings. The van der Waals surface area contributed by atoms with Crippen LogP contribution in [0.5, 0.6) is 0 Å². The van der Waals surface area contributed by atoms with Gasteiger partial charge in [-0.25, -0.2) is 0 Å². The van der Waals surface area contributed by atoms with Crippen molar-refractivity contribution in [3.05, 3.63) is 77.9 Å². The zero-order chi connectivity index (χ0) is 14.8. The molecule has 0 amide bonds. The number of rotatable bonds is 2. The summed E-state index contributed by atoms with van der Waals surface area (Å²) in [5, 5.41) is 0. The smallest absolute Gasteiger partial charge is 0.0125 e. The molecule has 0 nitrogen and oxygen atoms in total. The van der Waals surface area contributed by atoms with E-state index >= 15 is 0 Å². The van der Waals surface area contributed by atoms with Crippen LogP contribution in [0.1, 0.15) is 11.1 Å². The van der Waals surface area contributed by atoms with Crippen molar-refractivity contribution in [1.82, 2.24) is 0 Å². The predicted molar refractivity (Wildman–Crippen MR) is 109 cm³/mol. The number of aryl methyl sites for hydroxylation is 2. The second kappa shape index (κ2) is 7.34. The standard InChI is InChI=1S/C20H18S.HI/c1-14-6-10-16(11-7-14)18-4-3-5-19(21)20(18)17-12-8-15(2)9-13-17;/h3-13,21H,1-2H3;1H. The van der Waals surface area contributed by atoms with Gasteiger partial charge in [0, 0.05) is 10.5 Å². The Kier molecular flexibility index (Phi) is 5.70. The van der Waals surface area contributed by atoms with E-state index < -0.39 is 0 Å². The lowest BCUT2D eigenvalue weighted by Gasteiger charge is -2.13. The lowest BCUT2D eigenvalue weighted by molar-refractivity contribution is 1.41. The first-order chi connectivity index (χ1) is 10.1. The van der Waals surface area contributed by atoms with Crippen LogP contribution in [-0.2, 0) is 0 Å². The number of hydrogen-bond acceptors (Lipinski definition) is 1. The van der Waals surface area contributed by atoms with Crippen LogP contribution in [0.25, 0.3) is 22.3 Å². The van der Waals surface area contributed by atoms with Gasteiger partial charge in [0.15, 0.2) is 0 Å². The molecule has 0 aliphatic heterocycles. The zero-order valence-electron chi connectivity index (χ0n) is 12.7. The summed E-state index contributed by atoms with van der Waals surface area (Å²) in [6.07, 6.45) is 0. The van der Waals surface area contributed by atoms with E-state index in [0.717, 1.165) is 4.90 Å². The first kappa shape index (κ1) is 17.1. The molecule has 0 unspecified atom stereocenters. The van der Waals surface area contributed by atoms with Gasteiger partial charge in [-0.1, -0.05) is 71.8 Å². The van der Waals surface area contributed by atoms with Crippen LogP contribution in [0.15, 0.2) is 71.6 Å². The van der Waals surface area contributed by atoms with Crippen molar-refractivity contribution in [3.8, 4) is 22.3 Å². The quantitative estimate of drug-likeness (QED) is 0.354. The van der Waals surface area contributed by atoms with E-state index in [2.05, 4.69) is 93.2 Å². The first-order valence-corrected chi connectivity index (χ1v) is 7.56. The number of thiol groups is 1. The fourth-order valence-electron chi connectivity index (χ4n) is 2.54. The highest BCUT2D eigenvalue weighted by Crippen LogP contribution is 2.36. The van der Waals surface area contributed by atoms with Gasteiger partial charge in [0.2, 0.25) is 0 Å². The molecule has 0 bridgehead atoms. The van der Waals surface area contributed by atoms with Crippen molar-refractivity contribution in [2.45, 2.75) is 18.7 Å². The molecule has 0 saturated carbocycles. The maximum absolute atomic E-state index is 4.68. The second-order valence-electron chi connectivity index (χ2n) is 5.43. The SMILES string of the molecule is Cc1ccc(-c2cccc(S)c2-c2ccc(C)cc2)cc1.I. The summed E-state index contributed by atoms with van der Waals surface area (Å²) >= 11 is 4.68. The normalized spacial score (nSPS) is 10.1. The van der Waals surface area contributed by atoms with E-state index in [4.69, 9.17) is 0 Å². The van der Waals surface area contributed by atoms with Crippen LogP contribution < -0.4 is 0 Å². The molecule has 0 heterocycles. The molecular weight excluding hydrogens is 399 g/mol. The van der Waals surface area contributed by atoms with E-state index in [-0.39, 0.29) is 24.0 Å². The fraction of sp³-hybridized carbons (Fsp3) is 0.100. The molecule has 2 heteroatoms. The summed E-state index contributed by atoms with van der Waals surface area (Å²) < 4.78 is 0. The molecule has 0 N–H and O–H groups in total. The Hall–Kier alpha value is -1.26. The molecule has 112 valence electrons. The molecule has 0 aliphatic carbocycles. The van der Waals surface area contributed by atoms with E-state index in [1.807, 2.05) is 0 Å². The third kappa shape index (κ3) is 3.55. The van der Waals surface area contributed by atoms with Crippen LogP contribution in [-0.4, -0.2) is 0 Å². The number of halogens is 1. The molecule has 0 atom stereocenters. The minimum atomic E-state index is 0. The van der Waals surface area contributed by atoms with Gasteiger partial charge in [0.25, 0.3) is 0 Å². The van der Waals surface area contributed by atoms with E-state index in [1.165, 1.54) is 33.4 Å². The Morgan fingerprint density at radius 3 is 1.68 bits per heavy atom. The summed E-state index contributed by atoms with van der Waals surface area (Å²) in [6, 6.07) is 23.6. The van der Waals surface area contributed by atoms with Gasteiger partial charge in [-0.05, 0) is 36.6 Å². The number of hydrogen-bond donors (Lipinski definition) is 1. The van der Waals surface area contributed by atoms with E-state index in [1.54, 1.807) is 0 Å². The summed E-state index contributed by atoms with van der Waals surface area (Å²) in [5.41, 5.74) is 7.41. The molecule has 0 aromatic heterocycles. The van der Waals surface area contributed by atoms with Gasteiger partial charge >= 0.3 is 0 Å². The minimum absolute atomic E-state index is 0. The van der Waals surface area contributed by atoms with E-state index in [0.29, 0.717) is 0 Å². The third-order valence-electron chi connectivity index (χ3n) is 3.75. The molecule has 3 rings (SSSR count). The molecular formula is C20H19IS. The van der Waals surface area contributed by atoms with Gasteiger partial charge in [-0.2, -0.15) is 0 Å². The van der Waals surface area contributed by atoms with Gasteiger partial charge in [-0.3, -0.25) is 0 Å². The lowest BCUT2D eigenvalue weighted by atomic mass is 9.93. The molecule has 3 aromatic rings. The maximum atomic E-state index is 4.68. The van der Waals surface area contributed by atoms with Crippen LogP contribution in [0.3, 0.4) is 0 Å². The largest absolute Gasteiger partial charge is 0.143 e. The highest BCUT2D eigenvalue weighted by molar-refractivity contribution is 14.0. The number of benzene rings is 3. The zero-order valence-corrected chi connectivity index (χ0v) is 15.9. The monoisotopic (exact) mass is 418 g/mol. The second-order valence-corrected chi connectivity index (χ2v) is 5.91. The van der Waals surface area contributed by atoms with Gasteiger partial charge in [0.1, 0.15) is 0 Å². The summed E-state index contributed by atoms with van der Waals surface area (Å²) in [7, 11) is 0. The summed E-state index contributed by atoms with van der Waals surface area (Å²) in [5.74, 6) is 0. The van der Waals surface area contributed by atoms with Gasteiger partial charge in [-0.15, -0.1) is 36.6 Å². The minimum Gasteiger partial charge on any atom is -0.143 e. The molecule has 22 heavy (non-hydrogen) atoms. The lowest BCUT2D eigenvalue weighted by Crippen LogP contribution is -1.88. The average molecular weight is 418 g/mol. The third-order valence-corrected chi connectivity index (χ3v) is 4.12. The van der Waals surface area contributed by atoms with Crippen molar-refractivity contribution in [2.24, 2.45) is 0 Å². The summed E-state index contributed by atoms with van der Waals surface area (Å²) in [6.45, 7) is 4.22.